The van der Waals surface area contributed by atoms with Gasteiger partial charge in [0, 0.05) is 25.2 Å². The summed E-state index contributed by atoms with van der Waals surface area (Å²) in [5.41, 5.74) is 3.58. The van der Waals surface area contributed by atoms with Crippen LogP contribution in [0.3, 0.4) is 0 Å². The zero-order valence-corrected chi connectivity index (χ0v) is 18.5. The fourth-order valence-electron chi connectivity index (χ4n) is 5.59. The fourth-order valence-corrected chi connectivity index (χ4v) is 5.59. The molecule has 160 valence electrons. The number of carbonyl (C=O) groups is 1. The molecule has 2 heterocycles. The molecule has 0 saturated carbocycles. The van der Waals surface area contributed by atoms with Crippen molar-refractivity contribution in [1.82, 2.24) is 10.2 Å². The number of anilines is 1. The van der Waals surface area contributed by atoms with Crippen molar-refractivity contribution >= 4 is 22.6 Å². The van der Waals surface area contributed by atoms with Crippen LogP contribution in [0.5, 0.6) is 5.75 Å². The van der Waals surface area contributed by atoms with E-state index < -0.39 is 6.09 Å². The Kier molecular flexibility index (Phi) is 4.86. The average Bonchev–Trinajstić information content (AvgIpc) is 3.22. The summed E-state index contributed by atoms with van der Waals surface area (Å²) in [6.07, 6.45) is -0.0552. The quantitative estimate of drug-likeness (QED) is 0.644. The highest BCUT2D eigenvalue weighted by molar-refractivity contribution is 5.86. The number of likely N-dealkylation sites (N-methyl/N-ethyl adjacent to an activating group) is 2. The van der Waals surface area contributed by atoms with E-state index in [-0.39, 0.29) is 6.04 Å². The second-order valence-corrected chi connectivity index (χ2v) is 9.01. The Bertz CT molecular complexity index is 1140. The van der Waals surface area contributed by atoms with Gasteiger partial charge in [-0.15, -0.1) is 0 Å². The molecule has 0 radical (unpaired) electrons. The average molecular weight is 416 g/mol. The molecule has 5 rings (SSSR count). The maximum atomic E-state index is 12.7. The molecule has 4 atom stereocenters. The van der Waals surface area contributed by atoms with Crippen LogP contribution < -0.4 is 15.0 Å². The number of benzene rings is 3. The fraction of sp³-hybridized carbons (Fsp3) is 0.346. The standard InChI is InChI=1S/C26H29N3O2/c1-16-15-28(3)25-24(16)22-14-19(12-13-23(22)29(25)4)31-26(30)27-17(2)20-11-7-9-18-8-5-6-10-21(18)20/h5-14,16-17,24-25H,15H2,1-4H3,(H,27,30)/t16?,17?,24-,25+/m0/s1. The van der Waals surface area contributed by atoms with Gasteiger partial charge < -0.3 is 15.0 Å². The minimum Gasteiger partial charge on any atom is -0.410 e. The molecule has 1 fully saturated rings. The van der Waals surface area contributed by atoms with Gasteiger partial charge in [0.1, 0.15) is 5.75 Å². The Morgan fingerprint density at radius 1 is 1.10 bits per heavy atom. The number of likely N-dealkylation sites (tertiary alicyclic amines) is 1. The van der Waals surface area contributed by atoms with Gasteiger partial charge in [-0.25, -0.2) is 4.79 Å². The summed E-state index contributed by atoms with van der Waals surface area (Å²) in [7, 11) is 4.33. The number of carbonyl (C=O) groups excluding carboxylic acids is 1. The summed E-state index contributed by atoms with van der Waals surface area (Å²) in [6.45, 7) is 5.37. The number of hydrogen-bond acceptors (Lipinski definition) is 4. The van der Waals surface area contributed by atoms with Gasteiger partial charge in [-0.05, 0) is 60.0 Å². The predicted octanol–water partition coefficient (Wildman–Crippen LogP) is 5.13. The molecule has 0 spiro atoms. The number of rotatable bonds is 3. The van der Waals surface area contributed by atoms with Crippen LogP contribution in [0.25, 0.3) is 10.8 Å². The minimum absolute atomic E-state index is 0.160. The van der Waals surface area contributed by atoms with E-state index in [9.17, 15) is 4.79 Å². The van der Waals surface area contributed by atoms with Crippen LogP contribution in [0.1, 0.15) is 36.9 Å². The Hall–Kier alpha value is -3.05. The van der Waals surface area contributed by atoms with Crippen LogP contribution in [0.2, 0.25) is 0 Å². The van der Waals surface area contributed by atoms with Crippen LogP contribution in [0, 0.1) is 5.92 Å². The first-order valence-corrected chi connectivity index (χ1v) is 11.0. The van der Waals surface area contributed by atoms with Gasteiger partial charge >= 0.3 is 6.09 Å². The van der Waals surface area contributed by atoms with Crippen LogP contribution in [-0.2, 0) is 0 Å². The number of fused-ring (bicyclic) bond motifs is 4. The number of ether oxygens (including phenoxy) is 1. The molecule has 0 aromatic heterocycles. The number of nitrogens with one attached hydrogen (secondary N) is 1. The SMILES string of the molecule is CC(NC(=O)Oc1ccc2c(c1)[C@@H]1C(C)CN(C)[C@@H]1N2C)c1cccc2ccccc12. The highest BCUT2D eigenvalue weighted by Crippen LogP contribution is 2.49. The van der Waals surface area contributed by atoms with Gasteiger partial charge in [0.05, 0.1) is 12.2 Å². The number of amides is 1. The zero-order chi connectivity index (χ0) is 21.7. The van der Waals surface area contributed by atoms with E-state index in [4.69, 9.17) is 4.74 Å². The first-order chi connectivity index (χ1) is 14.9. The molecule has 3 aromatic rings. The van der Waals surface area contributed by atoms with Crippen molar-refractivity contribution in [3.8, 4) is 5.75 Å². The van der Waals surface area contributed by atoms with E-state index in [1.165, 1.54) is 11.3 Å². The van der Waals surface area contributed by atoms with Crippen molar-refractivity contribution in [2.75, 3.05) is 25.5 Å². The smallest absolute Gasteiger partial charge is 0.410 e. The van der Waals surface area contributed by atoms with Crippen molar-refractivity contribution in [2.45, 2.75) is 32.0 Å². The summed E-state index contributed by atoms with van der Waals surface area (Å²) in [5, 5.41) is 5.30. The Balaban J connectivity index is 1.33. The molecular formula is C26H29N3O2. The second-order valence-electron chi connectivity index (χ2n) is 9.01. The third-order valence-electron chi connectivity index (χ3n) is 6.93. The predicted molar refractivity (Wildman–Crippen MR) is 125 cm³/mol. The summed E-state index contributed by atoms with van der Waals surface area (Å²) < 4.78 is 5.71. The highest BCUT2D eigenvalue weighted by Gasteiger charge is 2.47. The van der Waals surface area contributed by atoms with E-state index in [1.807, 2.05) is 37.3 Å². The summed E-state index contributed by atoms with van der Waals surface area (Å²) >= 11 is 0. The number of nitrogens with zero attached hydrogens (tertiary/aromatic N) is 2. The molecule has 5 nitrogen and oxygen atoms in total. The molecule has 3 aromatic carbocycles. The molecule has 2 unspecified atom stereocenters. The molecule has 1 amide bonds. The minimum atomic E-state index is -0.431. The van der Waals surface area contributed by atoms with Crippen LogP contribution in [-0.4, -0.2) is 37.8 Å². The van der Waals surface area contributed by atoms with E-state index in [2.05, 4.69) is 66.5 Å². The van der Waals surface area contributed by atoms with E-state index in [0.717, 1.165) is 22.9 Å². The number of hydrogen-bond donors (Lipinski definition) is 1. The molecule has 0 bridgehead atoms. The molecule has 2 aliphatic rings. The van der Waals surface area contributed by atoms with Crippen molar-refractivity contribution in [2.24, 2.45) is 5.92 Å². The molecular weight excluding hydrogens is 386 g/mol. The van der Waals surface area contributed by atoms with Gasteiger partial charge in [0.2, 0.25) is 0 Å². The lowest BCUT2D eigenvalue weighted by molar-refractivity contribution is 0.197. The van der Waals surface area contributed by atoms with Crippen molar-refractivity contribution in [3.63, 3.8) is 0 Å². The first kappa shape index (κ1) is 19.9. The third kappa shape index (κ3) is 3.33. The molecule has 5 heteroatoms. The van der Waals surface area contributed by atoms with Crippen molar-refractivity contribution < 1.29 is 9.53 Å². The van der Waals surface area contributed by atoms with Gasteiger partial charge in [-0.1, -0.05) is 49.4 Å². The first-order valence-electron chi connectivity index (χ1n) is 11.0. The Morgan fingerprint density at radius 3 is 2.71 bits per heavy atom. The van der Waals surface area contributed by atoms with Crippen molar-refractivity contribution in [1.29, 1.82) is 0 Å². The highest BCUT2D eigenvalue weighted by atomic mass is 16.6. The van der Waals surface area contributed by atoms with Gasteiger partial charge in [0.15, 0.2) is 0 Å². The van der Waals surface area contributed by atoms with Gasteiger partial charge in [-0.2, -0.15) is 0 Å². The van der Waals surface area contributed by atoms with Crippen LogP contribution >= 0.6 is 0 Å². The van der Waals surface area contributed by atoms with Crippen LogP contribution in [0.4, 0.5) is 10.5 Å². The van der Waals surface area contributed by atoms with Crippen LogP contribution in [0.15, 0.2) is 60.7 Å². The summed E-state index contributed by atoms with van der Waals surface area (Å²) in [4.78, 5) is 17.4. The molecule has 2 aliphatic heterocycles. The second kappa shape index (κ2) is 7.57. The topological polar surface area (TPSA) is 44.8 Å². The monoisotopic (exact) mass is 415 g/mol. The molecule has 0 aliphatic carbocycles. The normalized spacial score (nSPS) is 23.5. The summed E-state index contributed by atoms with van der Waals surface area (Å²) in [5.74, 6) is 1.59. The van der Waals surface area contributed by atoms with E-state index >= 15 is 0 Å². The maximum absolute atomic E-state index is 12.7. The van der Waals surface area contributed by atoms with Crippen molar-refractivity contribution in [3.05, 3.63) is 71.8 Å². The maximum Gasteiger partial charge on any atom is 0.413 e. The molecule has 1 saturated heterocycles. The Morgan fingerprint density at radius 2 is 1.87 bits per heavy atom. The molecule has 31 heavy (non-hydrogen) atoms. The molecule has 1 N–H and O–H groups in total. The summed E-state index contributed by atoms with van der Waals surface area (Å²) in [6, 6.07) is 20.2. The van der Waals surface area contributed by atoms with Gasteiger partial charge in [-0.3, -0.25) is 4.90 Å². The Labute approximate surface area is 183 Å². The zero-order valence-electron chi connectivity index (χ0n) is 18.5. The lowest BCUT2D eigenvalue weighted by Crippen LogP contribution is -2.39. The lowest BCUT2D eigenvalue weighted by Gasteiger charge is -2.28. The van der Waals surface area contributed by atoms with E-state index in [1.54, 1.807) is 0 Å². The van der Waals surface area contributed by atoms with E-state index in [0.29, 0.717) is 23.8 Å². The largest absolute Gasteiger partial charge is 0.413 e. The third-order valence-corrected chi connectivity index (χ3v) is 6.93. The lowest BCUT2D eigenvalue weighted by atomic mass is 9.90. The van der Waals surface area contributed by atoms with Gasteiger partial charge in [0.25, 0.3) is 0 Å².